The van der Waals surface area contributed by atoms with Gasteiger partial charge in [0.1, 0.15) is 0 Å². The Morgan fingerprint density at radius 3 is 2.59 bits per heavy atom. The average molecular weight is 288 g/mol. The number of rotatable bonds is 1. The number of amides is 1. The van der Waals surface area contributed by atoms with Gasteiger partial charge in [0, 0.05) is 15.5 Å². The number of hydrogen-bond acceptors (Lipinski definition) is 1. The van der Waals surface area contributed by atoms with Crippen LogP contribution in [0.25, 0.3) is 10.8 Å². The smallest absolute Gasteiger partial charge is 0.300 e. The monoisotopic (exact) mass is 287 g/mol. The first-order valence-corrected chi connectivity index (χ1v) is 5.92. The summed E-state index contributed by atoms with van der Waals surface area (Å²) in [5.74, 6) is 4.75. The Morgan fingerprint density at radius 2 is 1.88 bits per heavy atom. The van der Waals surface area contributed by atoms with Crippen LogP contribution < -0.4 is 5.32 Å². The van der Waals surface area contributed by atoms with E-state index in [-0.39, 0.29) is 5.91 Å². The zero-order valence-electron chi connectivity index (χ0n) is 9.25. The molecule has 0 fully saturated rings. The first-order chi connectivity index (χ1) is 8.22. The normalized spacial score (nSPS) is 9.53. The molecule has 0 saturated heterocycles. The van der Waals surface area contributed by atoms with Crippen LogP contribution in [-0.4, -0.2) is 5.91 Å². The van der Waals surface area contributed by atoms with Gasteiger partial charge in [0.25, 0.3) is 5.91 Å². The van der Waals surface area contributed by atoms with Crippen LogP contribution >= 0.6 is 15.9 Å². The lowest BCUT2D eigenvalue weighted by atomic mass is 10.1. The van der Waals surface area contributed by atoms with Crippen LogP contribution in [0.15, 0.2) is 40.9 Å². The maximum Gasteiger partial charge on any atom is 0.300 e. The molecular formula is C14H10BrNO. The molecule has 0 atom stereocenters. The van der Waals surface area contributed by atoms with Crippen molar-refractivity contribution in [1.82, 2.24) is 0 Å². The zero-order valence-corrected chi connectivity index (χ0v) is 10.8. The van der Waals surface area contributed by atoms with E-state index in [1.807, 2.05) is 36.4 Å². The Hall–Kier alpha value is -1.79. The van der Waals surface area contributed by atoms with Gasteiger partial charge >= 0.3 is 0 Å². The summed E-state index contributed by atoms with van der Waals surface area (Å²) in [4.78, 5) is 11.4. The van der Waals surface area contributed by atoms with Crippen molar-refractivity contribution < 1.29 is 4.79 Å². The summed E-state index contributed by atoms with van der Waals surface area (Å²) in [6.07, 6.45) is 0. The van der Waals surface area contributed by atoms with Crippen molar-refractivity contribution in [2.45, 2.75) is 6.92 Å². The third-order valence-corrected chi connectivity index (χ3v) is 3.05. The predicted molar refractivity (Wildman–Crippen MR) is 73.7 cm³/mol. The summed E-state index contributed by atoms with van der Waals surface area (Å²) in [6.45, 7) is 1.64. The van der Waals surface area contributed by atoms with Crippen molar-refractivity contribution in [3.8, 4) is 11.8 Å². The maximum atomic E-state index is 11.4. The summed E-state index contributed by atoms with van der Waals surface area (Å²) in [6, 6.07) is 11.6. The molecule has 2 nitrogen and oxygen atoms in total. The van der Waals surface area contributed by atoms with Gasteiger partial charge in [-0.15, -0.1) is 0 Å². The number of fused-ring (bicyclic) bond motifs is 1. The van der Waals surface area contributed by atoms with Crippen molar-refractivity contribution in [2.75, 3.05) is 5.32 Å². The first kappa shape index (κ1) is 11.7. The second-order valence-electron chi connectivity index (χ2n) is 3.47. The van der Waals surface area contributed by atoms with Crippen LogP contribution in [0.5, 0.6) is 0 Å². The predicted octanol–water partition coefficient (Wildman–Crippen LogP) is 3.56. The molecule has 0 bridgehead atoms. The van der Waals surface area contributed by atoms with Gasteiger partial charge in [-0.1, -0.05) is 46.1 Å². The number of benzene rings is 2. The molecule has 0 aliphatic carbocycles. The minimum Gasteiger partial charge on any atom is -0.315 e. The van der Waals surface area contributed by atoms with E-state index in [0.29, 0.717) is 0 Å². The minimum atomic E-state index is -0.292. The fourth-order valence-electron chi connectivity index (χ4n) is 1.64. The van der Waals surface area contributed by atoms with E-state index in [1.165, 1.54) is 0 Å². The molecule has 2 aromatic rings. The van der Waals surface area contributed by atoms with Crippen LogP contribution in [0.1, 0.15) is 6.92 Å². The molecule has 0 spiro atoms. The van der Waals surface area contributed by atoms with Crippen LogP contribution in [0.4, 0.5) is 5.69 Å². The third kappa shape index (κ3) is 2.48. The topological polar surface area (TPSA) is 29.1 Å². The Bertz CT molecular complexity index is 637. The van der Waals surface area contributed by atoms with Crippen molar-refractivity contribution in [2.24, 2.45) is 0 Å². The lowest BCUT2D eigenvalue weighted by Crippen LogP contribution is -2.08. The van der Waals surface area contributed by atoms with Crippen LogP contribution in [0, 0.1) is 11.8 Å². The van der Waals surface area contributed by atoms with E-state index >= 15 is 0 Å². The Kier molecular flexibility index (Phi) is 3.46. The number of carbonyl (C=O) groups is 1. The van der Waals surface area contributed by atoms with E-state index in [9.17, 15) is 4.79 Å². The van der Waals surface area contributed by atoms with Crippen molar-refractivity contribution in [3.63, 3.8) is 0 Å². The fraction of sp³-hybridized carbons (Fsp3) is 0.0714. The molecule has 0 aliphatic heterocycles. The summed E-state index contributed by atoms with van der Waals surface area (Å²) >= 11 is 3.49. The summed E-state index contributed by atoms with van der Waals surface area (Å²) in [7, 11) is 0. The Morgan fingerprint density at radius 1 is 1.18 bits per heavy atom. The van der Waals surface area contributed by atoms with E-state index in [1.54, 1.807) is 6.92 Å². The molecule has 17 heavy (non-hydrogen) atoms. The quantitative estimate of drug-likeness (QED) is 0.799. The van der Waals surface area contributed by atoms with E-state index < -0.39 is 0 Å². The molecule has 0 aromatic heterocycles. The SMILES string of the molecule is CC#CC(=O)Nc1ccc(Br)c2ccccc12. The lowest BCUT2D eigenvalue weighted by Gasteiger charge is -2.07. The largest absolute Gasteiger partial charge is 0.315 e. The van der Waals surface area contributed by atoms with Crippen molar-refractivity contribution >= 4 is 38.3 Å². The summed E-state index contributed by atoms with van der Waals surface area (Å²) in [5, 5.41) is 4.84. The lowest BCUT2D eigenvalue weighted by molar-refractivity contribution is -0.111. The Balaban J connectivity index is 2.51. The van der Waals surface area contributed by atoms with E-state index in [0.717, 1.165) is 20.9 Å². The van der Waals surface area contributed by atoms with Crippen LogP contribution in [-0.2, 0) is 4.79 Å². The van der Waals surface area contributed by atoms with Crippen molar-refractivity contribution in [3.05, 3.63) is 40.9 Å². The van der Waals surface area contributed by atoms with Gasteiger partial charge in [0.05, 0.1) is 0 Å². The molecule has 84 valence electrons. The molecule has 0 saturated carbocycles. The summed E-state index contributed by atoms with van der Waals surface area (Å²) < 4.78 is 1.01. The molecular weight excluding hydrogens is 278 g/mol. The van der Waals surface area contributed by atoms with Gasteiger partial charge < -0.3 is 5.32 Å². The van der Waals surface area contributed by atoms with Gasteiger partial charge in [-0.2, -0.15) is 0 Å². The molecule has 0 unspecified atom stereocenters. The van der Waals surface area contributed by atoms with E-state index in [2.05, 4.69) is 33.1 Å². The highest BCUT2D eigenvalue weighted by molar-refractivity contribution is 9.10. The number of nitrogens with one attached hydrogen (secondary N) is 1. The van der Waals surface area contributed by atoms with Gasteiger partial charge in [-0.3, -0.25) is 4.79 Å². The first-order valence-electron chi connectivity index (χ1n) is 5.13. The van der Waals surface area contributed by atoms with Crippen LogP contribution in [0.2, 0.25) is 0 Å². The number of carbonyl (C=O) groups excluding carboxylic acids is 1. The highest BCUT2D eigenvalue weighted by Gasteiger charge is 2.05. The molecule has 1 amide bonds. The highest BCUT2D eigenvalue weighted by atomic mass is 79.9. The summed E-state index contributed by atoms with van der Waals surface area (Å²) in [5.41, 5.74) is 0.775. The molecule has 0 aliphatic rings. The molecule has 0 heterocycles. The van der Waals surface area contributed by atoms with Gasteiger partial charge in [-0.05, 0) is 30.4 Å². The zero-order chi connectivity index (χ0) is 12.3. The highest BCUT2D eigenvalue weighted by Crippen LogP contribution is 2.29. The second kappa shape index (κ2) is 5.03. The van der Waals surface area contributed by atoms with Gasteiger partial charge in [0.15, 0.2) is 0 Å². The van der Waals surface area contributed by atoms with E-state index in [4.69, 9.17) is 0 Å². The molecule has 2 aromatic carbocycles. The third-order valence-electron chi connectivity index (χ3n) is 2.36. The molecule has 0 radical (unpaired) electrons. The van der Waals surface area contributed by atoms with Crippen molar-refractivity contribution in [1.29, 1.82) is 0 Å². The number of hydrogen-bond donors (Lipinski definition) is 1. The standard InChI is InChI=1S/C14H10BrNO/c1-2-5-14(17)16-13-9-8-12(15)10-6-3-4-7-11(10)13/h3-4,6-9H,1H3,(H,16,17). The van der Waals surface area contributed by atoms with Gasteiger partial charge in [-0.25, -0.2) is 0 Å². The van der Waals surface area contributed by atoms with Gasteiger partial charge in [0.2, 0.25) is 0 Å². The maximum absolute atomic E-state index is 11.4. The second-order valence-corrected chi connectivity index (χ2v) is 4.32. The minimum absolute atomic E-state index is 0.292. The molecule has 3 heteroatoms. The average Bonchev–Trinajstić information content (AvgIpc) is 2.34. The number of anilines is 1. The van der Waals surface area contributed by atoms with Crippen LogP contribution in [0.3, 0.4) is 0 Å². The Labute approximate surface area is 108 Å². The fourth-order valence-corrected chi connectivity index (χ4v) is 2.12. The molecule has 2 rings (SSSR count). The number of halogens is 1. The molecule has 1 N–H and O–H groups in total.